The Bertz CT molecular complexity index is 273. The van der Waals surface area contributed by atoms with Gasteiger partial charge in [0.05, 0.1) is 5.60 Å². The van der Waals surface area contributed by atoms with Crippen molar-refractivity contribution in [3.05, 3.63) is 0 Å². The third-order valence-corrected chi connectivity index (χ3v) is 3.77. The van der Waals surface area contributed by atoms with Gasteiger partial charge in [0.1, 0.15) is 17.6 Å². The van der Waals surface area contributed by atoms with Gasteiger partial charge in [-0.25, -0.2) is 0 Å². The van der Waals surface area contributed by atoms with E-state index in [4.69, 9.17) is 9.47 Å². The Balaban J connectivity index is 2.01. The van der Waals surface area contributed by atoms with E-state index >= 15 is 0 Å². The molecular weight excluding hydrogens is 144 g/mol. The average Bonchev–Trinajstić information content (AvgIpc) is 2.44. The van der Waals surface area contributed by atoms with Crippen LogP contribution in [0.5, 0.6) is 0 Å². The molecule has 11 heavy (non-hydrogen) atoms. The Morgan fingerprint density at radius 2 is 2.27 bits per heavy atom. The normalized spacial score (nSPS) is 68.2. The highest BCUT2D eigenvalue weighted by Crippen LogP contribution is 2.72. The molecule has 3 nitrogen and oxygen atoms in total. The van der Waals surface area contributed by atoms with Gasteiger partial charge in [0.2, 0.25) is 0 Å². The van der Waals surface area contributed by atoms with Crippen LogP contribution in [0.1, 0.15) is 19.3 Å². The summed E-state index contributed by atoms with van der Waals surface area (Å²) in [6, 6.07) is 0. The molecule has 0 radical (unpaired) electrons. The minimum absolute atomic E-state index is 0.0122. The molecule has 3 heteroatoms. The number of hydrogen-bond donors (Lipinski definition) is 0. The summed E-state index contributed by atoms with van der Waals surface area (Å²) in [4.78, 5) is 11.3. The largest absolute Gasteiger partial charge is 0.459 e. The van der Waals surface area contributed by atoms with Gasteiger partial charge in [0, 0.05) is 6.42 Å². The van der Waals surface area contributed by atoms with Crippen molar-refractivity contribution >= 4 is 5.97 Å². The van der Waals surface area contributed by atoms with E-state index in [2.05, 4.69) is 0 Å². The van der Waals surface area contributed by atoms with Gasteiger partial charge in [-0.1, -0.05) is 0 Å². The van der Waals surface area contributed by atoms with Crippen molar-refractivity contribution < 1.29 is 14.3 Å². The molecule has 4 aliphatic heterocycles. The van der Waals surface area contributed by atoms with Crippen molar-refractivity contribution in [2.45, 2.75) is 37.1 Å². The van der Waals surface area contributed by atoms with E-state index in [1.807, 2.05) is 0 Å². The van der Waals surface area contributed by atoms with Crippen LogP contribution in [0.2, 0.25) is 0 Å². The van der Waals surface area contributed by atoms with Gasteiger partial charge in [0.25, 0.3) is 0 Å². The average molecular weight is 152 g/mol. The maximum atomic E-state index is 11.3. The molecule has 4 saturated heterocycles. The van der Waals surface area contributed by atoms with Crippen LogP contribution in [-0.2, 0) is 14.3 Å². The fraction of sp³-hybridized carbons (Fsp3) is 0.875. The van der Waals surface area contributed by atoms with E-state index in [0.29, 0.717) is 0 Å². The van der Waals surface area contributed by atoms with Crippen LogP contribution < -0.4 is 0 Å². The van der Waals surface area contributed by atoms with Crippen molar-refractivity contribution in [1.82, 2.24) is 0 Å². The van der Waals surface area contributed by atoms with Gasteiger partial charge in [-0.15, -0.1) is 0 Å². The zero-order valence-electron chi connectivity index (χ0n) is 6.00. The summed E-state index contributed by atoms with van der Waals surface area (Å²) in [5.74, 6) is 0.0122. The van der Waals surface area contributed by atoms with Crippen LogP contribution >= 0.6 is 0 Å². The fourth-order valence-electron chi connectivity index (χ4n) is 3.48. The van der Waals surface area contributed by atoms with Crippen LogP contribution in [0.3, 0.4) is 0 Å². The molecule has 1 aliphatic carbocycles. The van der Waals surface area contributed by atoms with E-state index < -0.39 is 0 Å². The van der Waals surface area contributed by atoms with Crippen LogP contribution in [0.15, 0.2) is 0 Å². The maximum Gasteiger partial charge on any atom is 0.315 e. The van der Waals surface area contributed by atoms with Crippen molar-refractivity contribution in [3.8, 4) is 0 Å². The smallest absolute Gasteiger partial charge is 0.315 e. The fourth-order valence-corrected chi connectivity index (χ4v) is 3.48. The predicted molar refractivity (Wildman–Crippen MR) is 33.8 cm³/mol. The summed E-state index contributed by atoms with van der Waals surface area (Å²) < 4.78 is 11.0. The summed E-state index contributed by atoms with van der Waals surface area (Å²) in [7, 11) is 0. The van der Waals surface area contributed by atoms with E-state index in [1.165, 1.54) is 0 Å². The summed E-state index contributed by atoms with van der Waals surface area (Å²) in [6.07, 6.45) is 3.10. The van der Waals surface area contributed by atoms with Crippen LogP contribution in [0, 0.1) is 5.41 Å². The Morgan fingerprint density at radius 3 is 2.82 bits per heavy atom. The highest BCUT2D eigenvalue weighted by molar-refractivity contribution is 5.84. The van der Waals surface area contributed by atoms with E-state index in [1.54, 1.807) is 0 Å². The zero-order chi connectivity index (χ0) is 7.27. The quantitative estimate of drug-likeness (QED) is 0.466. The van der Waals surface area contributed by atoms with Crippen LogP contribution in [0.25, 0.3) is 0 Å². The Morgan fingerprint density at radius 1 is 1.45 bits per heavy atom. The molecule has 0 aromatic heterocycles. The molecule has 5 fully saturated rings. The molecule has 0 amide bonds. The standard InChI is InChI=1S/C8H8O3/c9-6-8-2-7(3-8)1-4(10-6)5(8)11-7/h4-5H,1-3H2. The molecule has 5 rings (SSSR count). The maximum absolute atomic E-state index is 11.3. The van der Waals surface area contributed by atoms with Gasteiger partial charge >= 0.3 is 5.97 Å². The first-order valence-electron chi connectivity index (χ1n) is 4.13. The number of hydrogen-bond acceptors (Lipinski definition) is 3. The van der Waals surface area contributed by atoms with Gasteiger partial charge in [-0.3, -0.25) is 4.79 Å². The molecule has 5 aliphatic rings. The highest BCUT2D eigenvalue weighted by atomic mass is 16.6. The van der Waals surface area contributed by atoms with Gasteiger partial charge in [0.15, 0.2) is 0 Å². The molecule has 2 atom stereocenters. The summed E-state index contributed by atoms with van der Waals surface area (Å²) >= 11 is 0. The highest BCUT2D eigenvalue weighted by Gasteiger charge is 2.82. The van der Waals surface area contributed by atoms with E-state index in [0.717, 1.165) is 19.3 Å². The van der Waals surface area contributed by atoms with Gasteiger partial charge < -0.3 is 9.47 Å². The molecule has 0 aromatic rings. The van der Waals surface area contributed by atoms with Crippen LogP contribution in [-0.4, -0.2) is 23.8 Å². The monoisotopic (exact) mass is 152 g/mol. The minimum Gasteiger partial charge on any atom is -0.459 e. The lowest BCUT2D eigenvalue weighted by atomic mass is 9.55. The first-order chi connectivity index (χ1) is 5.24. The second kappa shape index (κ2) is 1.04. The molecule has 0 N–H and O–H groups in total. The van der Waals surface area contributed by atoms with E-state index in [-0.39, 0.29) is 29.2 Å². The molecule has 58 valence electrons. The zero-order valence-corrected chi connectivity index (χ0v) is 6.00. The van der Waals surface area contributed by atoms with Gasteiger partial charge in [-0.05, 0) is 12.8 Å². The molecule has 4 heterocycles. The SMILES string of the molecule is O=C1OC2CC34CC1(C3)C2O4. The lowest BCUT2D eigenvalue weighted by Crippen LogP contribution is -2.51. The molecule has 1 saturated carbocycles. The second-order valence-corrected chi connectivity index (χ2v) is 4.38. The first kappa shape index (κ1) is 5.14. The van der Waals surface area contributed by atoms with Crippen molar-refractivity contribution in [1.29, 1.82) is 0 Å². The molecule has 3 bridgehead atoms. The Kier molecular flexibility index (Phi) is 0.484. The lowest BCUT2D eigenvalue weighted by Gasteiger charge is -2.41. The third kappa shape index (κ3) is 0.303. The van der Waals surface area contributed by atoms with Crippen molar-refractivity contribution in [2.75, 3.05) is 0 Å². The van der Waals surface area contributed by atoms with Crippen molar-refractivity contribution in [3.63, 3.8) is 0 Å². The number of carbonyl (C=O) groups is 1. The minimum atomic E-state index is -0.164. The number of ether oxygens (including phenoxy) is 2. The van der Waals surface area contributed by atoms with Crippen molar-refractivity contribution in [2.24, 2.45) is 5.41 Å². The molecular formula is C8H8O3. The third-order valence-electron chi connectivity index (χ3n) is 3.77. The summed E-state index contributed by atoms with van der Waals surface area (Å²) in [5.41, 5.74) is -0.0790. The predicted octanol–water partition coefficient (Wildman–Crippen LogP) is 0.233. The summed E-state index contributed by atoms with van der Waals surface area (Å²) in [6.45, 7) is 0. The summed E-state index contributed by atoms with van der Waals surface area (Å²) in [5, 5.41) is 0. The second-order valence-electron chi connectivity index (χ2n) is 4.38. The first-order valence-corrected chi connectivity index (χ1v) is 4.13. The van der Waals surface area contributed by atoms with Crippen LogP contribution in [0.4, 0.5) is 0 Å². The molecule has 2 spiro atoms. The molecule has 0 aromatic carbocycles. The van der Waals surface area contributed by atoms with Gasteiger partial charge in [-0.2, -0.15) is 0 Å². The number of carbonyl (C=O) groups excluding carboxylic acids is 1. The topological polar surface area (TPSA) is 35.5 Å². The Labute approximate surface area is 63.7 Å². The Hall–Kier alpha value is -0.570. The molecule has 2 unspecified atom stereocenters. The van der Waals surface area contributed by atoms with E-state index in [9.17, 15) is 4.79 Å². The lowest BCUT2D eigenvalue weighted by molar-refractivity contribution is -0.150. The number of esters is 1. The number of rotatable bonds is 0.